The van der Waals surface area contributed by atoms with Gasteiger partial charge in [-0.05, 0) is 62.2 Å². The fourth-order valence-corrected chi connectivity index (χ4v) is 2.30. The summed E-state index contributed by atoms with van der Waals surface area (Å²) in [6.07, 6.45) is 5.30. The van der Waals surface area contributed by atoms with Crippen LogP contribution in [0.15, 0.2) is 52.5 Å². The summed E-state index contributed by atoms with van der Waals surface area (Å²) >= 11 is 0. The second-order valence-corrected chi connectivity index (χ2v) is 6.20. The maximum absolute atomic E-state index is 12.3. The van der Waals surface area contributed by atoms with Crippen LogP contribution in [0, 0.1) is 0 Å². The molecule has 2 rings (SSSR count). The number of hydrazone groups is 1. The Hall–Kier alpha value is -2.89. The highest BCUT2D eigenvalue weighted by Crippen LogP contribution is 2.11. The van der Waals surface area contributed by atoms with Crippen LogP contribution in [0.2, 0.25) is 0 Å². The molecule has 6 heteroatoms. The molecule has 1 aromatic carbocycles. The lowest BCUT2D eigenvalue weighted by molar-refractivity contribution is 0.0953. The Labute approximate surface area is 153 Å². The first kappa shape index (κ1) is 19.4. The molecule has 6 nitrogen and oxygen atoms in total. The number of rotatable bonds is 8. The van der Waals surface area contributed by atoms with Gasteiger partial charge in [-0.1, -0.05) is 13.3 Å². The Morgan fingerprint density at radius 3 is 2.65 bits per heavy atom. The standard InChI is InChI=1S/C20H25N3O3/c1-4-5-13-26-17-10-8-16(9-11-17)14-21-22-19(24)18-7-6-12-23(15(2)3)20(18)25/h6-12,14-15H,4-5,13H2,1-3H3,(H,22,24)/b21-14-. The van der Waals surface area contributed by atoms with Crippen molar-refractivity contribution in [3.05, 3.63) is 64.1 Å². The second-order valence-electron chi connectivity index (χ2n) is 6.20. The predicted molar refractivity (Wildman–Crippen MR) is 103 cm³/mol. The van der Waals surface area contributed by atoms with Gasteiger partial charge in [-0.2, -0.15) is 5.10 Å². The van der Waals surface area contributed by atoms with Crippen LogP contribution in [0.4, 0.5) is 0 Å². The molecule has 0 saturated heterocycles. The minimum Gasteiger partial charge on any atom is -0.494 e. The summed E-state index contributed by atoms with van der Waals surface area (Å²) in [6, 6.07) is 10.6. The summed E-state index contributed by atoms with van der Waals surface area (Å²) in [7, 11) is 0. The monoisotopic (exact) mass is 355 g/mol. The zero-order chi connectivity index (χ0) is 18.9. The molecule has 0 radical (unpaired) electrons. The minimum absolute atomic E-state index is 0.0168. The molecule has 1 amide bonds. The molecule has 0 aliphatic rings. The SMILES string of the molecule is CCCCOc1ccc(/C=N\NC(=O)c2cccn(C(C)C)c2=O)cc1. The van der Waals surface area contributed by atoms with E-state index in [0.29, 0.717) is 6.61 Å². The lowest BCUT2D eigenvalue weighted by Crippen LogP contribution is -2.31. The van der Waals surface area contributed by atoms with Crippen LogP contribution in [-0.4, -0.2) is 23.3 Å². The highest BCUT2D eigenvalue weighted by atomic mass is 16.5. The van der Waals surface area contributed by atoms with Gasteiger partial charge in [0.05, 0.1) is 12.8 Å². The van der Waals surface area contributed by atoms with Gasteiger partial charge in [0, 0.05) is 12.2 Å². The number of carbonyl (C=O) groups excluding carboxylic acids is 1. The Morgan fingerprint density at radius 2 is 2.00 bits per heavy atom. The summed E-state index contributed by atoms with van der Waals surface area (Å²) in [4.78, 5) is 24.4. The van der Waals surface area contributed by atoms with Crippen LogP contribution in [0.1, 0.15) is 55.6 Å². The molecule has 0 bridgehead atoms. The van der Waals surface area contributed by atoms with E-state index in [1.54, 1.807) is 12.3 Å². The molecule has 138 valence electrons. The van der Waals surface area contributed by atoms with Crippen molar-refractivity contribution in [2.75, 3.05) is 6.61 Å². The van der Waals surface area contributed by atoms with E-state index in [0.717, 1.165) is 24.2 Å². The Morgan fingerprint density at radius 1 is 1.27 bits per heavy atom. The van der Waals surface area contributed by atoms with Gasteiger partial charge in [0.2, 0.25) is 0 Å². The molecule has 1 aromatic heterocycles. The normalized spacial score (nSPS) is 11.1. The van der Waals surface area contributed by atoms with Gasteiger partial charge in [-0.3, -0.25) is 9.59 Å². The number of pyridine rings is 1. The van der Waals surface area contributed by atoms with Gasteiger partial charge in [-0.15, -0.1) is 0 Å². The van der Waals surface area contributed by atoms with E-state index in [1.807, 2.05) is 38.1 Å². The van der Waals surface area contributed by atoms with E-state index < -0.39 is 5.91 Å². The van der Waals surface area contributed by atoms with Gasteiger partial charge >= 0.3 is 0 Å². The third-order valence-electron chi connectivity index (χ3n) is 3.80. The molecule has 2 aromatic rings. The highest BCUT2D eigenvalue weighted by Gasteiger charge is 2.12. The zero-order valence-corrected chi connectivity index (χ0v) is 15.4. The summed E-state index contributed by atoms with van der Waals surface area (Å²) < 4.78 is 7.10. The van der Waals surface area contributed by atoms with Crippen molar-refractivity contribution in [3.8, 4) is 5.75 Å². The number of hydrogen-bond donors (Lipinski definition) is 1. The Kier molecular flexibility index (Phi) is 7.14. The van der Waals surface area contributed by atoms with Crippen molar-refractivity contribution in [1.29, 1.82) is 0 Å². The van der Waals surface area contributed by atoms with E-state index in [2.05, 4.69) is 17.5 Å². The summed E-state index contributed by atoms with van der Waals surface area (Å²) in [6.45, 7) is 6.59. The second kappa shape index (κ2) is 9.56. The van der Waals surface area contributed by atoms with Gasteiger partial charge in [-0.25, -0.2) is 5.43 Å². The lowest BCUT2D eigenvalue weighted by Gasteiger charge is -2.10. The first-order valence-corrected chi connectivity index (χ1v) is 8.80. The van der Waals surface area contributed by atoms with Crippen molar-refractivity contribution in [3.63, 3.8) is 0 Å². The van der Waals surface area contributed by atoms with Gasteiger partial charge in [0.15, 0.2) is 0 Å². The van der Waals surface area contributed by atoms with Crippen LogP contribution < -0.4 is 15.7 Å². The predicted octanol–water partition coefficient (Wildman–Crippen LogP) is 3.37. The van der Waals surface area contributed by atoms with Crippen molar-refractivity contribution < 1.29 is 9.53 Å². The zero-order valence-electron chi connectivity index (χ0n) is 15.4. The highest BCUT2D eigenvalue weighted by molar-refractivity contribution is 5.94. The molecule has 1 heterocycles. The van der Waals surface area contributed by atoms with E-state index >= 15 is 0 Å². The molecule has 1 N–H and O–H groups in total. The van der Waals surface area contributed by atoms with Gasteiger partial charge < -0.3 is 9.30 Å². The number of carbonyl (C=O) groups is 1. The molecule has 0 unspecified atom stereocenters. The molecule has 0 atom stereocenters. The fraction of sp³-hybridized carbons (Fsp3) is 0.350. The molecule has 0 fully saturated rings. The summed E-state index contributed by atoms with van der Waals surface area (Å²) in [5, 5.41) is 3.93. The first-order chi connectivity index (χ1) is 12.5. The van der Waals surface area contributed by atoms with Crippen molar-refractivity contribution >= 4 is 12.1 Å². The van der Waals surface area contributed by atoms with E-state index in [-0.39, 0.29) is 17.2 Å². The van der Waals surface area contributed by atoms with Crippen LogP contribution in [0.25, 0.3) is 0 Å². The third kappa shape index (κ3) is 5.31. The number of ether oxygens (including phenoxy) is 1. The molecule has 0 saturated carbocycles. The fourth-order valence-electron chi connectivity index (χ4n) is 2.30. The summed E-state index contributed by atoms with van der Waals surface area (Å²) in [5.41, 5.74) is 2.95. The lowest BCUT2D eigenvalue weighted by atomic mass is 10.2. The quantitative estimate of drug-likeness (QED) is 0.448. The Bertz CT molecular complexity index is 808. The number of unbranched alkanes of at least 4 members (excludes halogenated alkanes) is 1. The topological polar surface area (TPSA) is 72.7 Å². The average molecular weight is 355 g/mol. The third-order valence-corrected chi connectivity index (χ3v) is 3.80. The number of benzene rings is 1. The van der Waals surface area contributed by atoms with Gasteiger partial charge in [0.25, 0.3) is 11.5 Å². The van der Waals surface area contributed by atoms with Crippen molar-refractivity contribution in [1.82, 2.24) is 9.99 Å². The maximum Gasteiger partial charge on any atom is 0.276 e. The number of hydrogen-bond acceptors (Lipinski definition) is 4. The maximum atomic E-state index is 12.3. The van der Waals surface area contributed by atoms with E-state index in [9.17, 15) is 9.59 Å². The number of nitrogens with one attached hydrogen (secondary N) is 1. The Balaban J connectivity index is 1.97. The average Bonchev–Trinajstić information content (AvgIpc) is 2.63. The molecule has 0 spiro atoms. The van der Waals surface area contributed by atoms with Crippen LogP contribution in [0.3, 0.4) is 0 Å². The smallest absolute Gasteiger partial charge is 0.276 e. The van der Waals surface area contributed by atoms with Gasteiger partial charge in [0.1, 0.15) is 11.3 Å². The number of nitrogens with zero attached hydrogens (tertiary/aromatic N) is 2. The van der Waals surface area contributed by atoms with Crippen molar-refractivity contribution in [2.24, 2.45) is 5.10 Å². The number of aromatic nitrogens is 1. The largest absolute Gasteiger partial charge is 0.494 e. The van der Waals surface area contributed by atoms with E-state index in [4.69, 9.17) is 4.74 Å². The minimum atomic E-state index is -0.527. The first-order valence-electron chi connectivity index (χ1n) is 8.80. The molecule has 0 aliphatic heterocycles. The van der Waals surface area contributed by atoms with Crippen LogP contribution in [0.5, 0.6) is 5.75 Å². The molecular weight excluding hydrogens is 330 g/mol. The summed E-state index contributed by atoms with van der Waals surface area (Å²) in [5.74, 6) is 0.277. The molecule has 26 heavy (non-hydrogen) atoms. The molecular formula is C20H25N3O3. The van der Waals surface area contributed by atoms with Crippen LogP contribution in [-0.2, 0) is 0 Å². The van der Waals surface area contributed by atoms with Crippen molar-refractivity contribution in [2.45, 2.75) is 39.7 Å². The van der Waals surface area contributed by atoms with Crippen LogP contribution >= 0.6 is 0 Å². The molecule has 0 aliphatic carbocycles. The van der Waals surface area contributed by atoms with E-state index in [1.165, 1.54) is 16.8 Å². The number of amides is 1.